The second kappa shape index (κ2) is 12.3. The number of fused-ring (bicyclic) bond motifs is 1. The van der Waals surface area contributed by atoms with Crippen molar-refractivity contribution in [3.05, 3.63) is 23.2 Å². The Labute approximate surface area is 245 Å². The number of nitrogens with zero attached hydrogens (tertiary/aromatic N) is 4. The summed E-state index contributed by atoms with van der Waals surface area (Å²) < 4.78 is 52.7. The van der Waals surface area contributed by atoms with Crippen molar-refractivity contribution in [2.75, 3.05) is 33.2 Å². The van der Waals surface area contributed by atoms with Crippen molar-refractivity contribution in [2.45, 2.75) is 71.6 Å². The minimum atomic E-state index is -4.83. The number of carbonyl (C=O) groups is 4. The number of halogens is 3. The highest BCUT2D eigenvalue weighted by Crippen LogP contribution is 2.30. The molecule has 1 aliphatic heterocycles. The molecule has 0 N–H and O–H groups in total. The van der Waals surface area contributed by atoms with Gasteiger partial charge in [0.2, 0.25) is 5.91 Å². The Balaban J connectivity index is 1.61. The third-order valence-electron chi connectivity index (χ3n) is 5.71. The van der Waals surface area contributed by atoms with Crippen LogP contribution in [0.5, 0.6) is 5.75 Å². The Morgan fingerprint density at radius 3 is 2.19 bits per heavy atom. The molecule has 0 bridgehead atoms. The van der Waals surface area contributed by atoms with E-state index in [0.29, 0.717) is 15.2 Å². The normalized spacial score (nSPS) is 14.3. The maximum atomic E-state index is 13.1. The molecule has 2 heterocycles. The highest BCUT2D eigenvalue weighted by Gasteiger charge is 2.41. The number of aromatic nitrogens is 1. The number of ether oxygens (including phenoxy) is 3. The van der Waals surface area contributed by atoms with Gasteiger partial charge in [0, 0.05) is 20.1 Å². The fraction of sp³-hybridized carbons (Fsp3) is 0.593. The molecule has 232 valence electrons. The molecule has 0 aliphatic carbocycles. The molecule has 0 atom stereocenters. The molecule has 1 aromatic heterocycles. The van der Waals surface area contributed by atoms with E-state index in [-0.39, 0.29) is 38.4 Å². The zero-order chi connectivity index (χ0) is 31.6. The van der Waals surface area contributed by atoms with Crippen LogP contribution in [0, 0.1) is 0 Å². The van der Waals surface area contributed by atoms with Gasteiger partial charge in [-0.05, 0) is 59.7 Å². The Bertz CT molecular complexity index is 1330. The van der Waals surface area contributed by atoms with Crippen molar-refractivity contribution in [3.8, 4) is 5.75 Å². The van der Waals surface area contributed by atoms with E-state index in [1.165, 1.54) is 33.9 Å². The van der Waals surface area contributed by atoms with Crippen LogP contribution >= 0.6 is 11.3 Å². The summed E-state index contributed by atoms with van der Waals surface area (Å²) in [5, 5.41) is 0.368. The van der Waals surface area contributed by atoms with E-state index >= 15 is 0 Å². The number of amides is 3. The lowest BCUT2D eigenvalue weighted by Crippen LogP contribution is -2.64. The molecule has 0 radical (unpaired) electrons. The summed E-state index contributed by atoms with van der Waals surface area (Å²) in [6.07, 6.45) is -6.23. The van der Waals surface area contributed by atoms with Crippen LogP contribution in [0.3, 0.4) is 0 Å². The third kappa shape index (κ3) is 9.74. The lowest BCUT2D eigenvalue weighted by Gasteiger charge is -2.45. The molecule has 0 unspecified atom stereocenters. The smallest absolute Gasteiger partial charge is 0.444 e. The van der Waals surface area contributed by atoms with Gasteiger partial charge in [-0.2, -0.15) is 0 Å². The molecule has 0 saturated carbocycles. The van der Waals surface area contributed by atoms with Crippen LogP contribution in [-0.4, -0.2) is 100 Å². The van der Waals surface area contributed by atoms with Crippen LogP contribution < -0.4 is 4.74 Å². The van der Waals surface area contributed by atoms with Crippen LogP contribution in [0.1, 0.15) is 46.6 Å². The number of hydrogen-bond donors (Lipinski definition) is 0. The van der Waals surface area contributed by atoms with Crippen LogP contribution in [0.25, 0.3) is 10.2 Å². The lowest BCUT2D eigenvalue weighted by molar-refractivity contribution is -0.274. The topological polar surface area (TPSA) is 119 Å². The first-order valence-electron chi connectivity index (χ1n) is 13.1. The van der Waals surface area contributed by atoms with E-state index in [4.69, 9.17) is 9.47 Å². The predicted molar refractivity (Wildman–Crippen MR) is 147 cm³/mol. The van der Waals surface area contributed by atoms with Gasteiger partial charge in [-0.15, -0.1) is 24.5 Å². The SMILES string of the molecule is CN(CC(=O)Cc1nc2ccc(OC(F)(F)F)cc2s1)C(=O)CN(C(=O)OC(C)(C)C)C1CN(C(=O)OC(C)(C)C)C1. The van der Waals surface area contributed by atoms with Gasteiger partial charge in [-0.3, -0.25) is 14.5 Å². The summed E-state index contributed by atoms with van der Waals surface area (Å²) in [7, 11) is 1.42. The van der Waals surface area contributed by atoms with Crippen LogP contribution in [-0.2, 0) is 25.5 Å². The number of thiazole rings is 1. The number of likely N-dealkylation sites (N-methyl/N-ethyl adjacent to an activating group) is 1. The maximum Gasteiger partial charge on any atom is 0.573 e. The summed E-state index contributed by atoms with van der Waals surface area (Å²) in [6, 6.07) is 3.21. The van der Waals surface area contributed by atoms with Gasteiger partial charge in [-0.25, -0.2) is 14.6 Å². The fourth-order valence-corrected chi connectivity index (χ4v) is 4.88. The zero-order valence-electron chi connectivity index (χ0n) is 24.5. The first-order valence-corrected chi connectivity index (χ1v) is 13.9. The van der Waals surface area contributed by atoms with Gasteiger partial charge < -0.3 is 24.0 Å². The summed E-state index contributed by atoms with van der Waals surface area (Å²) in [5.41, 5.74) is -1.10. The van der Waals surface area contributed by atoms with E-state index in [9.17, 15) is 32.3 Å². The van der Waals surface area contributed by atoms with Gasteiger partial charge in [0.25, 0.3) is 0 Å². The Kier molecular flexibility index (Phi) is 9.64. The van der Waals surface area contributed by atoms with E-state index in [0.717, 1.165) is 17.4 Å². The second-order valence-corrected chi connectivity index (χ2v) is 13.0. The number of rotatable bonds is 8. The van der Waals surface area contributed by atoms with Crippen LogP contribution in [0.2, 0.25) is 0 Å². The van der Waals surface area contributed by atoms with Crippen molar-refractivity contribution in [2.24, 2.45) is 0 Å². The largest absolute Gasteiger partial charge is 0.573 e. The molecule has 42 heavy (non-hydrogen) atoms. The quantitative estimate of drug-likeness (QED) is 0.422. The second-order valence-electron chi connectivity index (χ2n) is 11.9. The molecule has 2 aromatic rings. The van der Waals surface area contributed by atoms with Crippen molar-refractivity contribution >= 4 is 45.4 Å². The summed E-state index contributed by atoms with van der Waals surface area (Å²) in [6.45, 7) is 9.93. The van der Waals surface area contributed by atoms with Gasteiger partial charge in [-0.1, -0.05) is 0 Å². The molecule has 11 nitrogen and oxygen atoms in total. The highest BCUT2D eigenvalue weighted by molar-refractivity contribution is 7.18. The highest BCUT2D eigenvalue weighted by atomic mass is 32.1. The number of carbonyl (C=O) groups excluding carboxylic acids is 4. The minimum absolute atomic E-state index is 0.143. The van der Waals surface area contributed by atoms with Gasteiger partial charge in [0.1, 0.15) is 28.5 Å². The van der Waals surface area contributed by atoms with Crippen LogP contribution in [0.4, 0.5) is 22.8 Å². The Morgan fingerprint density at radius 2 is 1.62 bits per heavy atom. The van der Waals surface area contributed by atoms with Crippen molar-refractivity contribution in [1.29, 1.82) is 0 Å². The predicted octanol–water partition coefficient (Wildman–Crippen LogP) is 4.62. The molecular weight excluding hydrogens is 581 g/mol. The first-order chi connectivity index (χ1) is 19.2. The number of benzene rings is 1. The average molecular weight is 617 g/mol. The van der Waals surface area contributed by atoms with Gasteiger partial charge in [0.05, 0.1) is 29.2 Å². The summed E-state index contributed by atoms with van der Waals surface area (Å²) in [4.78, 5) is 59.2. The molecule has 1 aromatic carbocycles. The van der Waals surface area contributed by atoms with Crippen LogP contribution in [0.15, 0.2) is 18.2 Å². The Morgan fingerprint density at radius 1 is 1.00 bits per heavy atom. The lowest BCUT2D eigenvalue weighted by atomic mass is 10.1. The molecule has 3 rings (SSSR count). The molecule has 3 amide bonds. The number of hydrogen-bond acceptors (Lipinski definition) is 9. The summed E-state index contributed by atoms with van der Waals surface area (Å²) >= 11 is 1.05. The maximum absolute atomic E-state index is 13.1. The van der Waals surface area contributed by atoms with Crippen molar-refractivity contribution < 1.29 is 46.6 Å². The van der Waals surface area contributed by atoms with E-state index < -0.39 is 47.4 Å². The summed E-state index contributed by atoms with van der Waals surface area (Å²) in [5.74, 6) is -1.28. The molecule has 1 aliphatic rings. The first kappa shape index (κ1) is 32.9. The molecule has 0 spiro atoms. The third-order valence-corrected chi connectivity index (χ3v) is 6.73. The standard InChI is InChI=1S/C27H35F3N4O7S/c1-25(2,3)40-23(37)33-12-16(13-33)34(24(38)41-26(4,5)6)15-22(36)32(7)14-17(35)10-21-31-19-9-8-18(11-20(19)42-21)39-27(28,29)30/h8-9,11,16H,10,12-15H2,1-7H3. The Hall–Kier alpha value is -3.62. The number of Topliss-reactive ketones (excluding diaryl/α,β-unsaturated/α-hetero) is 1. The van der Waals surface area contributed by atoms with Crippen molar-refractivity contribution in [1.82, 2.24) is 19.7 Å². The number of ketones is 1. The van der Waals surface area contributed by atoms with E-state index in [2.05, 4.69) is 9.72 Å². The van der Waals surface area contributed by atoms with E-state index in [1.807, 2.05) is 0 Å². The van der Waals surface area contributed by atoms with Gasteiger partial charge in [0.15, 0.2) is 5.78 Å². The molecule has 1 saturated heterocycles. The molecule has 1 fully saturated rings. The number of alkyl halides is 3. The monoisotopic (exact) mass is 616 g/mol. The van der Waals surface area contributed by atoms with Gasteiger partial charge >= 0.3 is 18.5 Å². The minimum Gasteiger partial charge on any atom is -0.444 e. The number of likely N-dealkylation sites (tertiary alicyclic amines) is 1. The fourth-order valence-electron chi connectivity index (χ4n) is 3.86. The average Bonchev–Trinajstić information content (AvgIpc) is 3.14. The molecular formula is C27H35F3N4O7S. The molecule has 15 heteroatoms. The zero-order valence-corrected chi connectivity index (χ0v) is 25.4. The van der Waals surface area contributed by atoms with E-state index in [1.54, 1.807) is 41.5 Å². The van der Waals surface area contributed by atoms with Crippen molar-refractivity contribution in [3.63, 3.8) is 0 Å².